The summed E-state index contributed by atoms with van der Waals surface area (Å²) < 4.78 is 28.6. The molecule has 1 saturated heterocycles. The number of nitrogens with one attached hydrogen (secondary N) is 1. The molecule has 0 aromatic rings. The Morgan fingerprint density at radius 3 is 2.76 bits per heavy atom. The summed E-state index contributed by atoms with van der Waals surface area (Å²) >= 11 is 0. The Morgan fingerprint density at radius 2 is 2.24 bits per heavy atom. The van der Waals surface area contributed by atoms with Gasteiger partial charge < -0.3 is 0 Å². The van der Waals surface area contributed by atoms with Crippen LogP contribution in [-0.2, 0) is 10.2 Å². The van der Waals surface area contributed by atoms with Gasteiger partial charge >= 0.3 is 0 Å². The van der Waals surface area contributed by atoms with E-state index in [1.807, 2.05) is 13.8 Å². The highest BCUT2D eigenvalue weighted by atomic mass is 32.2. The number of piperidine rings is 1. The molecular weight excluding hydrogens is 236 g/mol. The van der Waals surface area contributed by atoms with E-state index >= 15 is 0 Å². The molecular formula is C12H22N2O2S. The first kappa shape index (κ1) is 14.5. The van der Waals surface area contributed by atoms with E-state index in [0.29, 0.717) is 19.4 Å². The molecule has 1 heterocycles. The molecule has 0 amide bonds. The second kappa shape index (κ2) is 6.39. The van der Waals surface area contributed by atoms with Crippen LogP contribution in [-0.4, -0.2) is 31.4 Å². The van der Waals surface area contributed by atoms with Crippen molar-refractivity contribution in [1.82, 2.24) is 9.03 Å². The first-order valence-corrected chi connectivity index (χ1v) is 7.67. The third kappa shape index (κ3) is 3.98. The van der Waals surface area contributed by atoms with Crippen LogP contribution in [0.2, 0.25) is 0 Å². The zero-order valence-corrected chi connectivity index (χ0v) is 11.5. The van der Waals surface area contributed by atoms with Crippen LogP contribution in [0, 0.1) is 12.3 Å². The zero-order valence-electron chi connectivity index (χ0n) is 10.6. The van der Waals surface area contributed by atoms with E-state index < -0.39 is 10.2 Å². The van der Waals surface area contributed by atoms with E-state index in [9.17, 15) is 8.42 Å². The maximum Gasteiger partial charge on any atom is 0.279 e. The number of nitrogens with zero attached hydrogens (tertiary/aromatic N) is 1. The minimum Gasteiger partial charge on any atom is -0.198 e. The van der Waals surface area contributed by atoms with Gasteiger partial charge in [0.15, 0.2) is 0 Å². The SMILES string of the molecule is C#CCC(CC)NS(=O)(=O)N1CCCCC1C. The van der Waals surface area contributed by atoms with Crippen molar-refractivity contribution in [2.24, 2.45) is 0 Å². The Balaban J connectivity index is 2.69. The molecule has 98 valence electrons. The lowest BCUT2D eigenvalue weighted by molar-refractivity contribution is 0.263. The number of rotatable bonds is 5. The standard InChI is InChI=1S/C12H22N2O2S/c1-4-8-12(5-2)13-17(15,16)14-10-7-6-9-11(14)3/h1,11-13H,5-10H2,2-3H3. The van der Waals surface area contributed by atoms with Gasteiger partial charge in [-0.1, -0.05) is 13.3 Å². The van der Waals surface area contributed by atoms with Crippen LogP contribution in [0.15, 0.2) is 0 Å². The fourth-order valence-corrected chi connectivity index (χ4v) is 3.87. The molecule has 0 bridgehead atoms. The number of hydrogen-bond acceptors (Lipinski definition) is 2. The topological polar surface area (TPSA) is 49.4 Å². The molecule has 4 nitrogen and oxygen atoms in total. The molecule has 2 atom stereocenters. The largest absolute Gasteiger partial charge is 0.279 e. The molecule has 1 N–H and O–H groups in total. The van der Waals surface area contributed by atoms with Gasteiger partial charge in [0.05, 0.1) is 0 Å². The van der Waals surface area contributed by atoms with Crippen LogP contribution in [0.3, 0.4) is 0 Å². The average molecular weight is 258 g/mol. The summed E-state index contributed by atoms with van der Waals surface area (Å²) in [6.45, 7) is 4.51. The summed E-state index contributed by atoms with van der Waals surface area (Å²) in [5.74, 6) is 2.51. The monoisotopic (exact) mass is 258 g/mol. The summed E-state index contributed by atoms with van der Waals surface area (Å²) in [7, 11) is -3.38. The molecule has 0 aromatic heterocycles. The second-order valence-electron chi connectivity index (χ2n) is 4.59. The van der Waals surface area contributed by atoms with Crippen LogP contribution < -0.4 is 4.72 Å². The molecule has 2 unspecified atom stereocenters. The molecule has 5 heteroatoms. The molecule has 0 aliphatic carbocycles. The molecule has 0 aromatic carbocycles. The quantitative estimate of drug-likeness (QED) is 0.760. The van der Waals surface area contributed by atoms with Crippen molar-refractivity contribution < 1.29 is 8.42 Å². The van der Waals surface area contributed by atoms with Gasteiger partial charge in [0.25, 0.3) is 10.2 Å². The summed E-state index contributed by atoms with van der Waals surface area (Å²) in [4.78, 5) is 0. The summed E-state index contributed by atoms with van der Waals surface area (Å²) in [5, 5.41) is 0. The average Bonchev–Trinajstić information content (AvgIpc) is 2.28. The van der Waals surface area contributed by atoms with Crippen molar-refractivity contribution >= 4 is 10.2 Å². The maximum atomic E-state index is 12.2. The molecule has 1 aliphatic heterocycles. The zero-order chi connectivity index (χ0) is 12.9. The Labute approximate surface area is 105 Å². The third-order valence-corrected chi connectivity index (χ3v) is 5.01. The summed E-state index contributed by atoms with van der Waals surface area (Å²) in [5.41, 5.74) is 0. The Hall–Kier alpha value is -0.570. The van der Waals surface area contributed by atoms with Crippen LogP contribution in [0.5, 0.6) is 0 Å². The van der Waals surface area contributed by atoms with Crippen LogP contribution in [0.4, 0.5) is 0 Å². The number of hydrogen-bond donors (Lipinski definition) is 1. The highest BCUT2D eigenvalue weighted by Gasteiger charge is 2.30. The van der Waals surface area contributed by atoms with Crippen molar-refractivity contribution in [3.8, 4) is 12.3 Å². The Bertz CT molecular complexity index is 372. The minimum absolute atomic E-state index is 0.0876. The van der Waals surface area contributed by atoms with Gasteiger partial charge in [-0.05, 0) is 26.2 Å². The molecule has 17 heavy (non-hydrogen) atoms. The molecule has 0 radical (unpaired) electrons. The highest BCUT2D eigenvalue weighted by Crippen LogP contribution is 2.19. The van der Waals surface area contributed by atoms with Gasteiger partial charge in [-0.2, -0.15) is 17.4 Å². The maximum absolute atomic E-state index is 12.2. The van der Waals surface area contributed by atoms with Gasteiger partial charge in [0, 0.05) is 25.0 Å². The van der Waals surface area contributed by atoms with Gasteiger partial charge in [0.1, 0.15) is 0 Å². The minimum atomic E-state index is -3.38. The van der Waals surface area contributed by atoms with Crippen molar-refractivity contribution in [3.63, 3.8) is 0 Å². The molecule has 1 rings (SSSR count). The molecule has 1 aliphatic rings. The summed E-state index contributed by atoms with van der Waals surface area (Å²) in [6.07, 6.45) is 9.37. The van der Waals surface area contributed by atoms with E-state index in [1.54, 1.807) is 4.31 Å². The first-order valence-electron chi connectivity index (χ1n) is 6.23. The summed E-state index contributed by atoms with van der Waals surface area (Å²) in [6, 6.07) is -0.0660. The lowest BCUT2D eigenvalue weighted by Gasteiger charge is -2.33. The fraction of sp³-hybridized carbons (Fsp3) is 0.833. The number of terminal acetylenes is 1. The first-order chi connectivity index (χ1) is 8.01. The van der Waals surface area contributed by atoms with Crippen molar-refractivity contribution in [1.29, 1.82) is 0 Å². The van der Waals surface area contributed by atoms with E-state index in [4.69, 9.17) is 6.42 Å². The van der Waals surface area contributed by atoms with Crippen LogP contribution in [0.1, 0.15) is 46.0 Å². The van der Waals surface area contributed by atoms with E-state index in [2.05, 4.69) is 10.6 Å². The van der Waals surface area contributed by atoms with Crippen molar-refractivity contribution in [2.75, 3.05) is 6.54 Å². The van der Waals surface area contributed by atoms with E-state index in [1.165, 1.54) is 0 Å². The predicted octanol–water partition coefficient (Wildman–Crippen LogP) is 1.50. The van der Waals surface area contributed by atoms with Gasteiger partial charge in [-0.3, -0.25) is 0 Å². The van der Waals surface area contributed by atoms with Crippen LogP contribution in [0.25, 0.3) is 0 Å². The van der Waals surface area contributed by atoms with Gasteiger partial charge in [0.2, 0.25) is 0 Å². The van der Waals surface area contributed by atoms with Gasteiger partial charge in [-0.25, -0.2) is 0 Å². The van der Waals surface area contributed by atoms with E-state index in [0.717, 1.165) is 19.3 Å². The Morgan fingerprint density at radius 1 is 1.53 bits per heavy atom. The Kier molecular flexibility index (Phi) is 5.44. The highest BCUT2D eigenvalue weighted by molar-refractivity contribution is 7.87. The second-order valence-corrected chi connectivity index (χ2v) is 6.25. The molecule has 0 spiro atoms. The van der Waals surface area contributed by atoms with Crippen LogP contribution >= 0.6 is 0 Å². The smallest absolute Gasteiger partial charge is 0.198 e. The third-order valence-electron chi connectivity index (χ3n) is 3.22. The lowest BCUT2D eigenvalue weighted by atomic mass is 10.1. The van der Waals surface area contributed by atoms with Crippen molar-refractivity contribution in [3.05, 3.63) is 0 Å². The van der Waals surface area contributed by atoms with Gasteiger partial charge in [-0.15, -0.1) is 12.3 Å². The molecule has 1 fully saturated rings. The predicted molar refractivity (Wildman–Crippen MR) is 69.6 cm³/mol. The lowest BCUT2D eigenvalue weighted by Crippen LogP contribution is -2.50. The van der Waals surface area contributed by atoms with E-state index in [-0.39, 0.29) is 12.1 Å². The van der Waals surface area contributed by atoms with Crippen molar-refractivity contribution in [2.45, 2.75) is 58.0 Å². The normalized spacial score (nSPS) is 24.2. The molecule has 0 saturated carbocycles. The fourth-order valence-electron chi connectivity index (χ4n) is 2.12.